The number of hydrogen-bond acceptors (Lipinski definition) is 4. The number of aromatic nitrogens is 1. The molecule has 3 aliphatic rings. The number of phenols is 1. The summed E-state index contributed by atoms with van der Waals surface area (Å²) in [5.74, 6) is 0.382. The maximum atomic E-state index is 10.8. The standard InChI is InChI=1S/C21H15NO3S/c23-17-3-1-2-15-16-10-21(13-4-7-24-11-13,14-5-8-25-12-14)19(18(15)17)20-22(16)6-9-26-20/h1-9,11-12,16,19H,10H2/p+1. The second-order valence-corrected chi connectivity index (χ2v) is 8.00. The summed E-state index contributed by atoms with van der Waals surface area (Å²) >= 11 is 1.75. The molecule has 1 N–H and O–H groups in total. The topological polar surface area (TPSA) is 50.4 Å². The van der Waals surface area contributed by atoms with Gasteiger partial charge in [-0.2, -0.15) is 4.57 Å². The fourth-order valence-electron chi connectivity index (χ4n) is 5.08. The molecule has 2 atom stereocenters. The number of rotatable bonds is 2. The van der Waals surface area contributed by atoms with E-state index in [0.717, 1.165) is 23.1 Å². The van der Waals surface area contributed by atoms with Gasteiger partial charge in [0, 0.05) is 28.7 Å². The van der Waals surface area contributed by atoms with E-state index in [1.165, 1.54) is 10.6 Å². The average molecular weight is 362 g/mol. The van der Waals surface area contributed by atoms with Crippen molar-refractivity contribution in [3.05, 3.63) is 94.2 Å². The van der Waals surface area contributed by atoms with Crippen molar-refractivity contribution in [2.24, 2.45) is 0 Å². The van der Waals surface area contributed by atoms with E-state index in [0.29, 0.717) is 5.75 Å². The zero-order valence-electron chi connectivity index (χ0n) is 13.8. The minimum absolute atomic E-state index is 0.0129. The van der Waals surface area contributed by atoms with Crippen LogP contribution in [0.15, 0.2) is 75.8 Å². The van der Waals surface area contributed by atoms with Crippen LogP contribution in [-0.2, 0) is 5.41 Å². The summed E-state index contributed by atoms with van der Waals surface area (Å²) in [6.07, 6.45) is 10.2. The second kappa shape index (κ2) is 4.89. The highest BCUT2D eigenvalue weighted by Gasteiger charge is 2.61. The van der Waals surface area contributed by atoms with Gasteiger partial charge in [-0.15, -0.1) is 0 Å². The number of furan rings is 2. The zero-order chi connectivity index (χ0) is 17.3. The van der Waals surface area contributed by atoms with Crippen LogP contribution in [-0.4, -0.2) is 5.11 Å². The summed E-state index contributed by atoms with van der Waals surface area (Å²) in [4.78, 5) is 0. The SMILES string of the molecule is Oc1cccc2c1C1c3scc[n+]3C2CC1(c1ccoc1)c1ccoc1. The fourth-order valence-corrected chi connectivity index (χ4v) is 6.18. The molecule has 4 aromatic rings. The number of benzene rings is 1. The molecule has 2 aliphatic heterocycles. The van der Waals surface area contributed by atoms with Crippen LogP contribution >= 0.6 is 11.3 Å². The van der Waals surface area contributed by atoms with Crippen LogP contribution in [0.2, 0.25) is 0 Å². The van der Waals surface area contributed by atoms with Crippen molar-refractivity contribution in [2.75, 3.05) is 0 Å². The Morgan fingerprint density at radius 3 is 2.54 bits per heavy atom. The highest BCUT2D eigenvalue weighted by molar-refractivity contribution is 7.09. The summed E-state index contributed by atoms with van der Waals surface area (Å²) in [5, 5.41) is 14.2. The Hall–Kier alpha value is -2.79. The van der Waals surface area contributed by atoms with Crippen molar-refractivity contribution in [1.82, 2.24) is 0 Å². The van der Waals surface area contributed by atoms with Crippen molar-refractivity contribution in [1.29, 1.82) is 0 Å². The van der Waals surface area contributed by atoms with E-state index < -0.39 is 0 Å². The van der Waals surface area contributed by atoms with Crippen molar-refractivity contribution < 1.29 is 18.5 Å². The van der Waals surface area contributed by atoms with Crippen LogP contribution < -0.4 is 4.57 Å². The zero-order valence-corrected chi connectivity index (χ0v) is 14.6. The smallest absolute Gasteiger partial charge is 0.246 e. The molecular formula is C21H16NO3S+. The first-order valence-electron chi connectivity index (χ1n) is 8.66. The highest BCUT2D eigenvalue weighted by Crippen LogP contribution is 2.61. The summed E-state index contributed by atoms with van der Waals surface area (Å²) in [5.41, 5.74) is 4.19. The minimum atomic E-state index is -0.318. The predicted molar refractivity (Wildman–Crippen MR) is 95.4 cm³/mol. The number of fused-ring (bicyclic) bond motifs is 1. The average Bonchev–Trinajstić information content (AvgIpc) is 3.44. The van der Waals surface area contributed by atoms with Gasteiger partial charge in [0.05, 0.1) is 41.8 Å². The summed E-state index contributed by atoms with van der Waals surface area (Å²) in [7, 11) is 0. The molecule has 1 aliphatic carbocycles. The molecule has 128 valence electrons. The van der Waals surface area contributed by atoms with Gasteiger partial charge in [-0.25, -0.2) is 0 Å². The summed E-state index contributed by atoms with van der Waals surface area (Å²) in [6, 6.07) is 10.2. The Balaban J connectivity index is 1.75. The Labute approximate surface area is 154 Å². The van der Waals surface area contributed by atoms with Crippen molar-refractivity contribution in [2.45, 2.75) is 23.8 Å². The summed E-state index contributed by atoms with van der Waals surface area (Å²) < 4.78 is 13.3. The molecule has 2 bridgehead atoms. The van der Waals surface area contributed by atoms with Crippen LogP contribution in [0.3, 0.4) is 0 Å². The van der Waals surface area contributed by atoms with Gasteiger partial charge in [0.1, 0.15) is 5.75 Å². The Bertz CT molecular complexity index is 1060. The largest absolute Gasteiger partial charge is 0.508 e. The lowest BCUT2D eigenvalue weighted by Gasteiger charge is -2.47. The van der Waals surface area contributed by atoms with Crippen LogP contribution in [0.5, 0.6) is 5.75 Å². The maximum Gasteiger partial charge on any atom is 0.246 e. The van der Waals surface area contributed by atoms with Crippen LogP contribution in [0.1, 0.15) is 45.6 Å². The van der Waals surface area contributed by atoms with E-state index in [9.17, 15) is 5.11 Å². The number of thiazole rings is 1. The molecule has 26 heavy (non-hydrogen) atoms. The van der Waals surface area contributed by atoms with Gasteiger partial charge in [0.15, 0.2) is 12.2 Å². The Morgan fingerprint density at radius 2 is 1.85 bits per heavy atom. The van der Waals surface area contributed by atoms with E-state index in [1.807, 2.05) is 30.7 Å². The Kier molecular flexibility index (Phi) is 2.70. The quantitative estimate of drug-likeness (QED) is 0.539. The first kappa shape index (κ1) is 14.4. The molecule has 0 saturated heterocycles. The molecule has 0 radical (unpaired) electrons. The molecule has 0 saturated carbocycles. The monoisotopic (exact) mass is 362 g/mol. The molecule has 4 nitrogen and oxygen atoms in total. The van der Waals surface area contributed by atoms with Gasteiger partial charge in [-0.1, -0.05) is 23.5 Å². The van der Waals surface area contributed by atoms with Crippen molar-refractivity contribution in [3.63, 3.8) is 0 Å². The molecule has 0 spiro atoms. The molecule has 3 aromatic heterocycles. The van der Waals surface area contributed by atoms with Crippen LogP contribution in [0, 0.1) is 0 Å². The van der Waals surface area contributed by atoms with Gasteiger partial charge < -0.3 is 13.9 Å². The second-order valence-electron chi connectivity index (χ2n) is 7.08. The third-order valence-corrected chi connectivity index (χ3v) is 7.04. The van der Waals surface area contributed by atoms with Gasteiger partial charge in [0.25, 0.3) is 0 Å². The molecule has 5 heteroatoms. The molecule has 2 unspecified atom stereocenters. The Morgan fingerprint density at radius 1 is 1.08 bits per heavy atom. The first-order valence-corrected chi connectivity index (χ1v) is 9.54. The number of aromatic hydroxyl groups is 1. The molecule has 0 amide bonds. The number of hydrogen-bond donors (Lipinski definition) is 1. The van der Waals surface area contributed by atoms with E-state index in [4.69, 9.17) is 8.83 Å². The van der Waals surface area contributed by atoms with E-state index >= 15 is 0 Å². The van der Waals surface area contributed by atoms with Crippen LogP contribution in [0.25, 0.3) is 0 Å². The van der Waals surface area contributed by atoms with E-state index in [1.54, 1.807) is 29.9 Å². The lowest BCUT2D eigenvalue weighted by Crippen LogP contribution is -2.58. The van der Waals surface area contributed by atoms with Gasteiger partial charge >= 0.3 is 0 Å². The van der Waals surface area contributed by atoms with E-state index in [-0.39, 0.29) is 17.4 Å². The third-order valence-electron chi connectivity index (χ3n) is 6.09. The molecule has 5 heterocycles. The van der Waals surface area contributed by atoms with Gasteiger partial charge in [-0.3, -0.25) is 0 Å². The predicted octanol–water partition coefficient (Wildman–Crippen LogP) is 4.35. The molecule has 7 rings (SSSR count). The first-order chi connectivity index (χ1) is 12.8. The number of nitrogens with zero attached hydrogens (tertiary/aromatic N) is 1. The molecule has 1 aromatic carbocycles. The maximum absolute atomic E-state index is 10.8. The molecule has 0 fully saturated rings. The minimum Gasteiger partial charge on any atom is -0.508 e. The molecular weight excluding hydrogens is 346 g/mol. The highest BCUT2D eigenvalue weighted by atomic mass is 32.1. The van der Waals surface area contributed by atoms with Crippen molar-refractivity contribution in [3.8, 4) is 5.75 Å². The van der Waals surface area contributed by atoms with Gasteiger partial charge in [-0.05, 0) is 18.2 Å². The van der Waals surface area contributed by atoms with Crippen LogP contribution in [0.4, 0.5) is 0 Å². The fraction of sp³-hybridized carbons (Fsp3) is 0.190. The van der Waals surface area contributed by atoms with Crippen molar-refractivity contribution >= 4 is 11.3 Å². The third kappa shape index (κ3) is 1.57. The van der Waals surface area contributed by atoms with E-state index in [2.05, 4.69) is 22.2 Å². The normalized spacial score (nSPS) is 22.2. The summed E-state index contributed by atoms with van der Waals surface area (Å²) in [6.45, 7) is 0. The lowest BCUT2D eigenvalue weighted by atomic mass is 9.55. The lowest BCUT2D eigenvalue weighted by molar-refractivity contribution is -0.727. The number of phenolic OH excluding ortho intramolecular Hbond substituents is 1. The van der Waals surface area contributed by atoms with Gasteiger partial charge in [0.2, 0.25) is 5.01 Å².